The number of nitriles is 1. The molecule has 0 heterocycles. The van der Waals surface area contributed by atoms with E-state index in [1.165, 1.54) is 0 Å². The van der Waals surface area contributed by atoms with E-state index in [0.29, 0.717) is 32.8 Å². The Morgan fingerprint density at radius 3 is 2.29 bits per heavy atom. The lowest BCUT2D eigenvalue weighted by Gasteiger charge is -2.20. The molecular weight excluding hydrogens is 220 g/mol. The fourth-order valence-corrected chi connectivity index (χ4v) is 1.14. The van der Waals surface area contributed by atoms with Crippen LogP contribution in [0.3, 0.4) is 0 Å². The summed E-state index contributed by atoms with van der Waals surface area (Å²) in [5, 5.41) is 11.9. The molecule has 0 rings (SSSR count). The van der Waals surface area contributed by atoms with Crippen LogP contribution in [0.15, 0.2) is 0 Å². The van der Waals surface area contributed by atoms with Crippen LogP contribution in [0, 0.1) is 11.3 Å². The molecule has 0 fully saturated rings. The predicted molar refractivity (Wildman–Crippen MR) is 65.8 cm³/mol. The van der Waals surface area contributed by atoms with Gasteiger partial charge in [-0.2, -0.15) is 5.26 Å². The zero-order chi connectivity index (χ0) is 13.0. The molecule has 5 nitrogen and oxygen atoms in total. The van der Waals surface area contributed by atoms with Crippen LogP contribution in [0.2, 0.25) is 0 Å². The Labute approximate surface area is 104 Å². The van der Waals surface area contributed by atoms with Crippen molar-refractivity contribution in [2.75, 3.05) is 47.2 Å². The quantitative estimate of drug-likeness (QED) is 0.548. The third-order valence-corrected chi connectivity index (χ3v) is 2.55. The van der Waals surface area contributed by atoms with E-state index in [9.17, 15) is 0 Å². The molecule has 5 heteroatoms. The van der Waals surface area contributed by atoms with E-state index in [-0.39, 0.29) is 0 Å². The highest BCUT2D eigenvalue weighted by atomic mass is 16.5. The summed E-state index contributed by atoms with van der Waals surface area (Å²) in [6, 6.07) is 2.22. The van der Waals surface area contributed by atoms with Crippen LogP contribution >= 0.6 is 0 Å². The highest BCUT2D eigenvalue weighted by Gasteiger charge is 2.20. The lowest BCUT2D eigenvalue weighted by atomic mass is 10.0. The molecule has 100 valence electrons. The van der Waals surface area contributed by atoms with Gasteiger partial charge in [-0.1, -0.05) is 0 Å². The maximum atomic E-state index is 8.90. The van der Waals surface area contributed by atoms with Crippen molar-refractivity contribution in [3.05, 3.63) is 0 Å². The minimum atomic E-state index is -0.501. The van der Waals surface area contributed by atoms with Gasteiger partial charge < -0.3 is 19.5 Å². The standard InChI is InChI=1S/C12H24N2O3/c1-12(11-13,14-2)5-8-17-10-9-16-7-4-6-15-3/h14H,4-10H2,1-3H3. The summed E-state index contributed by atoms with van der Waals surface area (Å²) < 4.78 is 15.6. The monoisotopic (exact) mass is 244 g/mol. The van der Waals surface area contributed by atoms with Gasteiger partial charge in [0.05, 0.1) is 19.3 Å². The molecule has 0 bridgehead atoms. The van der Waals surface area contributed by atoms with Crippen LogP contribution < -0.4 is 5.32 Å². The van der Waals surface area contributed by atoms with Crippen LogP contribution in [0.1, 0.15) is 19.8 Å². The normalized spacial score (nSPS) is 14.2. The molecule has 0 aliphatic rings. The molecule has 0 spiro atoms. The third kappa shape index (κ3) is 9.07. The summed E-state index contributed by atoms with van der Waals surface area (Å²) >= 11 is 0. The summed E-state index contributed by atoms with van der Waals surface area (Å²) in [4.78, 5) is 0. The molecule has 0 saturated carbocycles. The summed E-state index contributed by atoms with van der Waals surface area (Å²) in [5.41, 5.74) is -0.501. The van der Waals surface area contributed by atoms with Crippen molar-refractivity contribution < 1.29 is 14.2 Å². The first-order valence-corrected chi connectivity index (χ1v) is 5.93. The molecule has 0 amide bonds. The molecule has 1 atom stereocenters. The van der Waals surface area contributed by atoms with E-state index < -0.39 is 5.54 Å². The molecule has 17 heavy (non-hydrogen) atoms. The SMILES string of the molecule is CNC(C)(C#N)CCOCCOCCCOC. The maximum Gasteiger partial charge on any atom is 0.105 e. The van der Waals surface area contributed by atoms with Gasteiger partial charge in [0.15, 0.2) is 0 Å². The molecule has 0 aromatic carbocycles. The number of methoxy groups -OCH3 is 1. The van der Waals surface area contributed by atoms with Gasteiger partial charge in [0.1, 0.15) is 5.54 Å². The van der Waals surface area contributed by atoms with Crippen LogP contribution in [0.25, 0.3) is 0 Å². The largest absolute Gasteiger partial charge is 0.385 e. The van der Waals surface area contributed by atoms with Crippen molar-refractivity contribution in [1.82, 2.24) is 5.32 Å². The highest BCUT2D eigenvalue weighted by molar-refractivity contribution is 5.02. The Kier molecular flexibility index (Phi) is 10.1. The Morgan fingerprint density at radius 2 is 1.76 bits per heavy atom. The Morgan fingerprint density at radius 1 is 1.12 bits per heavy atom. The number of hydrogen-bond donors (Lipinski definition) is 1. The number of nitrogens with zero attached hydrogens (tertiary/aromatic N) is 1. The van der Waals surface area contributed by atoms with Gasteiger partial charge in [0, 0.05) is 33.4 Å². The Hall–Kier alpha value is -0.670. The van der Waals surface area contributed by atoms with Crippen molar-refractivity contribution in [2.24, 2.45) is 0 Å². The average molecular weight is 244 g/mol. The maximum absolute atomic E-state index is 8.90. The van der Waals surface area contributed by atoms with Gasteiger partial charge in [-0.05, 0) is 20.4 Å². The lowest BCUT2D eigenvalue weighted by molar-refractivity contribution is 0.0357. The summed E-state index contributed by atoms with van der Waals surface area (Å²) in [6.45, 7) is 5.00. The summed E-state index contributed by atoms with van der Waals surface area (Å²) in [6.07, 6.45) is 1.58. The minimum Gasteiger partial charge on any atom is -0.385 e. The van der Waals surface area contributed by atoms with Crippen LogP contribution in [0.4, 0.5) is 0 Å². The van der Waals surface area contributed by atoms with E-state index >= 15 is 0 Å². The molecule has 0 aromatic rings. The van der Waals surface area contributed by atoms with Crippen LogP contribution in [-0.2, 0) is 14.2 Å². The van der Waals surface area contributed by atoms with Crippen molar-refractivity contribution >= 4 is 0 Å². The Balaban J connectivity index is 3.27. The highest BCUT2D eigenvalue weighted by Crippen LogP contribution is 2.06. The number of nitrogens with one attached hydrogen (secondary N) is 1. The number of hydrogen-bond acceptors (Lipinski definition) is 5. The molecule has 1 N–H and O–H groups in total. The molecule has 1 unspecified atom stereocenters. The lowest BCUT2D eigenvalue weighted by Crippen LogP contribution is -2.39. The second-order valence-electron chi connectivity index (χ2n) is 4.02. The second-order valence-corrected chi connectivity index (χ2v) is 4.02. The second kappa shape index (κ2) is 10.5. The van der Waals surface area contributed by atoms with Crippen molar-refractivity contribution in [2.45, 2.75) is 25.3 Å². The minimum absolute atomic E-state index is 0.501. The first kappa shape index (κ1) is 16.3. The van der Waals surface area contributed by atoms with E-state index in [1.54, 1.807) is 14.2 Å². The van der Waals surface area contributed by atoms with E-state index in [2.05, 4.69) is 11.4 Å². The fourth-order valence-electron chi connectivity index (χ4n) is 1.14. The number of rotatable bonds is 11. The van der Waals surface area contributed by atoms with Gasteiger partial charge >= 0.3 is 0 Å². The topological polar surface area (TPSA) is 63.5 Å². The van der Waals surface area contributed by atoms with Crippen molar-refractivity contribution in [1.29, 1.82) is 5.26 Å². The Bertz CT molecular complexity index is 218. The van der Waals surface area contributed by atoms with E-state index in [0.717, 1.165) is 13.0 Å². The zero-order valence-electron chi connectivity index (χ0n) is 11.1. The molecule has 0 saturated heterocycles. The molecule has 0 aromatic heterocycles. The van der Waals surface area contributed by atoms with E-state index in [4.69, 9.17) is 19.5 Å². The summed E-state index contributed by atoms with van der Waals surface area (Å²) in [5.74, 6) is 0. The van der Waals surface area contributed by atoms with Crippen LogP contribution in [0.5, 0.6) is 0 Å². The van der Waals surface area contributed by atoms with Crippen LogP contribution in [-0.4, -0.2) is 52.7 Å². The zero-order valence-corrected chi connectivity index (χ0v) is 11.1. The smallest absolute Gasteiger partial charge is 0.105 e. The first-order chi connectivity index (χ1) is 8.18. The third-order valence-electron chi connectivity index (χ3n) is 2.55. The molecular formula is C12H24N2O3. The number of ether oxygens (including phenoxy) is 3. The predicted octanol–water partition coefficient (Wildman–Crippen LogP) is 0.948. The molecule has 0 aliphatic heterocycles. The van der Waals surface area contributed by atoms with Gasteiger partial charge in [0.25, 0.3) is 0 Å². The summed E-state index contributed by atoms with van der Waals surface area (Å²) in [7, 11) is 3.46. The van der Waals surface area contributed by atoms with Gasteiger partial charge in [-0.25, -0.2) is 0 Å². The fraction of sp³-hybridized carbons (Fsp3) is 0.917. The van der Waals surface area contributed by atoms with Gasteiger partial charge in [-0.3, -0.25) is 0 Å². The van der Waals surface area contributed by atoms with Crippen molar-refractivity contribution in [3.8, 4) is 6.07 Å². The van der Waals surface area contributed by atoms with Gasteiger partial charge in [0.2, 0.25) is 0 Å². The first-order valence-electron chi connectivity index (χ1n) is 5.93. The molecule has 0 aliphatic carbocycles. The van der Waals surface area contributed by atoms with Crippen molar-refractivity contribution in [3.63, 3.8) is 0 Å². The van der Waals surface area contributed by atoms with E-state index in [1.807, 2.05) is 6.92 Å². The average Bonchev–Trinajstić information content (AvgIpc) is 2.36. The molecule has 0 radical (unpaired) electrons. The van der Waals surface area contributed by atoms with Gasteiger partial charge in [-0.15, -0.1) is 0 Å².